The number of benzene rings is 2. The van der Waals surface area contributed by atoms with Crippen LogP contribution in [0, 0.1) is 0 Å². The van der Waals surface area contributed by atoms with Crippen LogP contribution in [0.4, 0.5) is 0 Å². The highest BCUT2D eigenvalue weighted by atomic mass is 16.5. The van der Waals surface area contributed by atoms with E-state index < -0.39 is 0 Å². The zero-order valence-electron chi connectivity index (χ0n) is 16.2. The average molecular weight is 364 g/mol. The third kappa shape index (κ3) is 4.01. The molecule has 2 aromatic rings. The Bertz CT molecular complexity index is 805. The van der Waals surface area contributed by atoms with Gasteiger partial charge in [0.25, 0.3) is 0 Å². The van der Waals surface area contributed by atoms with E-state index in [9.17, 15) is 4.79 Å². The third-order valence-electron chi connectivity index (χ3n) is 5.68. The van der Waals surface area contributed by atoms with Gasteiger partial charge in [0.1, 0.15) is 11.9 Å². The first-order chi connectivity index (χ1) is 13.1. The molecule has 142 valence electrons. The number of likely N-dealkylation sites (N-methyl/N-ethyl adjacent to an activating group) is 1. The van der Waals surface area contributed by atoms with E-state index >= 15 is 0 Å². The second kappa shape index (κ2) is 7.73. The quantitative estimate of drug-likeness (QED) is 0.833. The van der Waals surface area contributed by atoms with Crippen LogP contribution in [-0.2, 0) is 17.6 Å². The number of carbonyl (C=O) groups excluding carboxylic acids is 1. The Morgan fingerprint density at radius 1 is 1.15 bits per heavy atom. The van der Waals surface area contributed by atoms with Crippen LogP contribution in [-0.4, -0.2) is 48.5 Å². The molecular formula is C23H28N2O2. The van der Waals surface area contributed by atoms with Gasteiger partial charge in [-0.2, -0.15) is 0 Å². The van der Waals surface area contributed by atoms with Crippen molar-refractivity contribution in [1.82, 2.24) is 9.80 Å². The van der Waals surface area contributed by atoms with Crippen LogP contribution in [0.2, 0.25) is 0 Å². The molecule has 0 radical (unpaired) electrons. The number of fused-ring (bicyclic) bond motifs is 1. The van der Waals surface area contributed by atoms with Gasteiger partial charge in [0, 0.05) is 32.5 Å². The lowest BCUT2D eigenvalue weighted by molar-refractivity contribution is -0.136. The van der Waals surface area contributed by atoms with E-state index in [0.29, 0.717) is 6.42 Å². The highest BCUT2D eigenvalue weighted by Crippen LogP contribution is 2.30. The first kappa shape index (κ1) is 18.1. The van der Waals surface area contributed by atoms with Gasteiger partial charge in [-0.1, -0.05) is 42.5 Å². The molecule has 2 aromatic carbocycles. The molecule has 0 aliphatic carbocycles. The molecule has 2 aliphatic heterocycles. The van der Waals surface area contributed by atoms with Gasteiger partial charge in [-0.25, -0.2) is 0 Å². The normalized spacial score (nSPS) is 22.4. The summed E-state index contributed by atoms with van der Waals surface area (Å²) in [7, 11) is 2.13. The molecule has 1 fully saturated rings. The topological polar surface area (TPSA) is 32.8 Å². The Kier molecular flexibility index (Phi) is 5.17. The van der Waals surface area contributed by atoms with Crippen molar-refractivity contribution >= 4 is 5.91 Å². The molecule has 4 nitrogen and oxygen atoms in total. The number of hydrogen-bond acceptors (Lipinski definition) is 3. The number of rotatable bonds is 4. The van der Waals surface area contributed by atoms with Crippen molar-refractivity contribution in [3.63, 3.8) is 0 Å². The Morgan fingerprint density at radius 3 is 2.78 bits per heavy atom. The first-order valence-corrected chi connectivity index (χ1v) is 9.91. The molecule has 1 saturated heterocycles. The summed E-state index contributed by atoms with van der Waals surface area (Å²) in [4.78, 5) is 17.4. The van der Waals surface area contributed by atoms with Crippen molar-refractivity contribution < 1.29 is 9.53 Å². The molecule has 0 N–H and O–H groups in total. The first-order valence-electron chi connectivity index (χ1n) is 9.91. The largest absolute Gasteiger partial charge is 0.490 e. The number of hydrogen-bond donors (Lipinski definition) is 0. The van der Waals surface area contributed by atoms with Crippen LogP contribution in [0.25, 0.3) is 0 Å². The van der Waals surface area contributed by atoms with E-state index in [1.165, 1.54) is 16.7 Å². The summed E-state index contributed by atoms with van der Waals surface area (Å²) in [6.45, 7) is 4.72. The Hall–Kier alpha value is -2.33. The molecule has 2 atom stereocenters. The maximum absolute atomic E-state index is 13.0. The van der Waals surface area contributed by atoms with E-state index in [4.69, 9.17) is 4.74 Å². The Morgan fingerprint density at radius 2 is 1.96 bits per heavy atom. The molecule has 27 heavy (non-hydrogen) atoms. The maximum atomic E-state index is 13.0. The Labute approximate surface area is 161 Å². The van der Waals surface area contributed by atoms with Crippen molar-refractivity contribution in [2.45, 2.75) is 38.3 Å². The zero-order chi connectivity index (χ0) is 18.8. The molecule has 2 aliphatic rings. The van der Waals surface area contributed by atoms with Crippen molar-refractivity contribution in [2.24, 2.45) is 0 Å². The number of piperazine rings is 1. The molecule has 4 rings (SSSR count). The van der Waals surface area contributed by atoms with Gasteiger partial charge >= 0.3 is 0 Å². The number of ether oxygens (including phenoxy) is 1. The molecule has 0 spiro atoms. The molecule has 1 amide bonds. The molecule has 4 heteroatoms. The SMILES string of the molecule is C[C@H]1Cc2cc(CCC(=O)N3CCN(C)C[C@@H]3c3ccccc3)ccc2O1. The van der Waals surface area contributed by atoms with E-state index in [0.717, 1.165) is 38.2 Å². The van der Waals surface area contributed by atoms with Gasteiger partial charge in [-0.05, 0) is 43.1 Å². The molecule has 2 heterocycles. The smallest absolute Gasteiger partial charge is 0.223 e. The molecule has 0 bridgehead atoms. The maximum Gasteiger partial charge on any atom is 0.223 e. The van der Waals surface area contributed by atoms with Crippen LogP contribution < -0.4 is 4.74 Å². The summed E-state index contributed by atoms with van der Waals surface area (Å²) < 4.78 is 5.78. The minimum atomic E-state index is 0.145. The predicted molar refractivity (Wildman–Crippen MR) is 107 cm³/mol. The highest BCUT2D eigenvalue weighted by molar-refractivity contribution is 5.77. The average Bonchev–Trinajstić information content (AvgIpc) is 3.06. The van der Waals surface area contributed by atoms with Crippen LogP contribution in [0.1, 0.15) is 36.1 Å². The number of amides is 1. The van der Waals surface area contributed by atoms with Gasteiger partial charge in [-0.15, -0.1) is 0 Å². The second-order valence-corrected chi connectivity index (χ2v) is 7.85. The van der Waals surface area contributed by atoms with Gasteiger partial charge in [0.05, 0.1) is 6.04 Å². The number of nitrogens with zero attached hydrogens (tertiary/aromatic N) is 2. The molecule has 0 aromatic heterocycles. The molecule has 0 saturated carbocycles. The van der Waals surface area contributed by atoms with E-state index in [1.807, 2.05) is 6.07 Å². The van der Waals surface area contributed by atoms with Crippen molar-refractivity contribution in [3.05, 3.63) is 65.2 Å². The predicted octanol–water partition coefficient (Wildman–Crippen LogP) is 3.46. The van der Waals surface area contributed by atoms with E-state index in [-0.39, 0.29) is 18.1 Å². The molecule has 0 unspecified atom stereocenters. The van der Waals surface area contributed by atoms with Gasteiger partial charge in [0.15, 0.2) is 0 Å². The Balaban J connectivity index is 1.43. The van der Waals surface area contributed by atoms with Crippen LogP contribution in [0.5, 0.6) is 5.75 Å². The van der Waals surface area contributed by atoms with Gasteiger partial charge in [0.2, 0.25) is 5.91 Å². The monoisotopic (exact) mass is 364 g/mol. The minimum absolute atomic E-state index is 0.145. The summed E-state index contributed by atoms with van der Waals surface area (Å²) in [5, 5.41) is 0. The fourth-order valence-electron chi connectivity index (χ4n) is 4.20. The molecular weight excluding hydrogens is 336 g/mol. The zero-order valence-corrected chi connectivity index (χ0v) is 16.2. The van der Waals surface area contributed by atoms with Crippen molar-refractivity contribution in [3.8, 4) is 5.75 Å². The lowest BCUT2D eigenvalue weighted by Crippen LogP contribution is -2.49. The summed E-state index contributed by atoms with van der Waals surface area (Å²) in [6, 6.07) is 16.9. The fraction of sp³-hybridized carbons (Fsp3) is 0.435. The highest BCUT2D eigenvalue weighted by Gasteiger charge is 2.29. The summed E-state index contributed by atoms with van der Waals surface area (Å²) in [6.07, 6.45) is 2.57. The van der Waals surface area contributed by atoms with Crippen molar-refractivity contribution in [1.29, 1.82) is 0 Å². The second-order valence-electron chi connectivity index (χ2n) is 7.85. The number of aryl methyl sites for hydroxylation is 1. The summed E-state index contributed by atoms with van der Waals surface area (Å²) >= 11 is 0. The number of carbonyl (C=O) groups is 1. The fourth-order valence-corrected chi connectivity index (χ4v) is 4.20. The summed E-state index contributed by atoms with van der Waals surface area (Å²) in [5.74, 6) is 1.25. The third-order valence-corrected chi connectivity index (χ3v) is 5.68. The lowest BCUT2D eigenvalue weighted by Gasteiger charge is -2.40. The standard InChI is InChI=1S/C23H28N2O2/c1-17-14-20-15-18(8-10-22(20)27-17)9-11-23(26)25-13-12-24(2)16-21(25)19-6-4-3-5-7-19/h3-8,10,15,17,21H,9,11-14,16H2,1-2H3/t17-,21+/m0/s1. The van der Waals surface area contributed by atoms with Gasteiger partial charge < -0.3 is 14.5 Å². The summed E-state index contributed by atoms with van der Waals surface area (Å²) in [5.41, 5.74) is 3.72. The van der Waals surface area contributed by atoms with Crippen LogP contribution >= 0.6 is 0 Å². The van der Waals surface area contributed by atoms with E-state index in [2.05, 4.69) is 66.2 Å². The lowest BCUT2D eigenvalue weighted by atomic mass is 10.0. The van der Waals surface area contributed by atoms with Crippen LogP contribution in [0.15, 0.2) is 48.5 Å². The van der Waals surface area contributed by atoms with Gasteiger partial charge in [-0.3, -0.25) is 4.79 Å². The van der Waals surface area contributed by atoms with Crippen molar-refractivity contribution in [2.75, 3.05) is 26.7 Å². The minimum Gasteiger partial charge on any atom is -0.490 e. The van der Waals surface area contributed by atoms with E-state index in [1.54, 1.807) is 0 Å². The van der Waals surface area contributed by atoms with Crippen LogP contribution in [0.3, 0.4) is 0 Å².